The first kappa shape index (κ1) is 18.2. The zero-order valence-corrected chi connectivity index (χ0v) is 13.0. The number of rotatable bonds is 13. The lowest BCUT2D eigenvalue weighted by atomic mass is 10.1. The molecule has 0 radical (unpaired) electrons. The van der Waals surface area contributed by atoms with E-state index in [0.29, 0.717) is 0 Å². The third kappa shape index (κ3) is 17.2. The van der Waals surface area contributed by atoms with Crippen LogP contribution in [0.25, 0.3) is 0 Å². The number of carbonyl (C=O) groups is 1. The smallest absolute Gasteiger partial charge is 0.307 e. The van der Waals surface area contributed by atoms with Crippen LogP contribution in [0.3, 0.4) is 0 Å². The van der Waals surface area contributed by atoms with Gasteiger partial charge in [-0.15, -0.1) is 0 Å². The van der Waals surface area contributed by atoms with Crippen molar-refractivity contribution in [2.45, 2.75) is 90.9 Å². The van der Waals surface area contributed by atoms with Gasteiger partial charge in [0.1, 0.15) is 0 Å². The number of hydrogen-bond acceptors (Lipinski definition) is 2. The second-order valence-electron chi connectivity index (χ2n) is 5.31. The minimum Gasteiger partial charge on any atom is -0.435 e. The van der Waals surface area contributed by atoms with E-state index < -0.39 is 0 Å². The molecule has 0 aromatic carbocycles. The van der Waals surface area contributed by atoms with Gasteiger partial charge in [0, 0.05) is 6.92 Å². The van der Waals surface area contributed by atoms with Crippen molar-refractivity contribution in [2.75, 3.05) is 0 Å². The lowest BCUT2D eigenvalue weighted by Crippen LogP contribution is -1.89. The molecule has 112 valence electrons. The Morgan fingerprint density at radius 1 is 0.842 bits per heavy atom. The predicted molar refractivity (Wildman–Crippen MR) is 82.0 cm³/mol. The topological polar surface area (TPSA) is 26.3 Å². The van der Waals surface area contributed by atoms with Gasteiger partial charge in [0.15, 0.2) is 0 Å². The van der Waals surface area contributed by atoms with Gasteiger partial charge in [-0.2, -0.15) is 0 Å². The Bertz CT molecular complexity index is 221. The fourth-order valence-electron chi connectivity index (χ4n) is 2.14. The van der Waals surface area contributed by atoms with Crippen molar-refractivity contribution < 1.29 is 9.53 Å². The summed E-state index contributed by atoms with van der Waals surface area (Å²) in [6.45, 7) is 3.69. The maximum atomic E-state index is 10.5. The average molecular weight is 268 g/mol. The van der Waals surface area contributed by atoms with Crippen molar-refractivity contribution in [1.29, 1.82) is 0 Å². The molecule has 0 heterocycles. The number of allylic oxidation sites excluding steroid dienone is 1. The van der Waals surface area contributed by atoms with Crippen molar-refractivity contribution in [3.63, 3.8) is 0 Å². The highest BCUT2D eigenvalue weighted by Crippen LogP contribution is 2.11. The minimum atomic E-state index is -0.241. The van der Waals surface area contributed by atoms with Crippen LogP contribution < -0.4 is 0 Å². The van der Waals surface area contributed by atoms with Crippen LogP contribution in [0, 0.1) is 0 Å². The fraction of sp³-hybridized carbons (Fsp3) is 0.824. The van der Waals surface area contributed by atoms with Crippen LogP contribution in [-0.2, 0) is 9.53 Å². The van der Waals surface area contributed by atoms with Gasteiger partial charge in [0.25, 0.3) is 0 Å². The largest absolute Gasteiger partial charge is 0.435 e. The Balaban J connectivity index is 3.02. The van der Waals surface area contributed by atoms with Crippen molar-refractivity contribution >= 4 is 5.97 Å². The summed E-state index contributed by atoms with van der Waals surface area (Å²) in [4.78, 5) is 10.5. The summed E-state index contributed by atoms with van der Waals surface area (Å²) < 4.78 is 4.72. The Morgan fingerprint density at radius 2 is 1.32 bits per heavy atom. The molecule has 0 aliphatic heterocycles. The average Bonchev–Trinajstić information content (AvgIpc) is 2.39. The van der Waals surface area contributed by atoms with Crippen molar-refractivity contribution in [3.05, 3.63) is 12.3 Å². The maximum absolute atomic E-state index is 10.5. The van der Waals surface area contributed by atoms with Crippen LogP contribution in [0.15, 0.2) is 12.3 Å². The first-order chi connectivity index (χ1) is 9.27. The molecule has 0 bridgehead atoms. The van der Waals surface area contributed by atoms with E-state index in [1.54, 1.807) is 0 Å². The van der Waals surface area contributed by atoms with Crippen molar-refractivity contribution in [3.8, 4) is 0 Å². The highest BCUT2D eigenvalue weighted by Gasteiger charge is 1.92. The second kappa shape index (κ2) is 15.3. The van der Waals surface area contributed by atoms with Gasteiger partial charge in [-0.3, -0.25) is 4.79 Å². The molecular weight excluding hydrogens is 236 g/mol. The van der Waals surface area contributed by atoms with Gasteiger partial charge in [-0.05, 0) is 18.9 Å². The van der Waals surface area contributed by atoms with Crippen LogP contribution in [0.2, 0.25) is 0 Å². The highest BCUT2D eigenvalue weighted by atomic mass is 16.5. The number of ether oxygens (including phenoxy) is 1. The molecule has 0 aliphatic rings. The lowest BCUT2D eigenvalue weighted by molar-refractivity contribution is -0.135. The summed E-state index contributed by atoms with van der Waals surface area (Å²) in [5.41, 5.74) is 0. The summed E-state index contributed by atoms with van der Waals surface area (Å²) in [7, 11) is 0. The zero-order valence-electron chi connectivity index (χ0n) is 13.0. The van der Waals surface area contributed by atoms with Gasteiger partial charge in [0.05, 0.1) is 6.26 Å². The molecule has 0 saturated heterocycles. The second-order valence-corrected chi connectivity index (χ2v) is 5.31. The SMILES string of the molecule is CCCCCCCCCCCCCC=COC(C)=O. The minimum absolute atomic E-state index is 0.241. The summed E-state index contributed by atoms with van der Waals surface area (Å²) >= 11 is 0. The summed E-state index contributed by atoms with van der Waals surface area (Å²) in [5.74, 6) is -0.241. The fourth-order valence-corrected chi connectivity index (χ4v) is 2.14. The van der Waals surface area contributed by atoms with Gasteiger partial charge >= 0.3 is 5.97 Å². The normalized spacial score (nSPS) is 11.1. The number of hydrogen-bond donors (Lipinski definition) is 0. The molecule has 0 atom stereocenters. The highest BCUT2D eigenvalue weighted by molar-refractivity contribution is 5.66. The first-order valence-electron chi connectivity index (χ1n) is 8.09. The maximum Gasteiger partial charge on any atom is 0.307 e. The predicted octanol–water partition coefficient (Wildman–Crippen LogP) is 5.76. The van der Waals surface area contributed by atoms with Crippen LogP contribution in [-0.4, -0.2) is 5.97 Å². The van der Waals surface area contributed by atoms with Crippen LogP contribution in [0.4, 0.5) is 0 Å². The third-order valence-corrected chi connectivity index (χ3v) is 3.30. The van der Waals surface area contributed by atoms with Crippen molar-refractivity contribution in [2.24, 2.45) is 0 Å². The first-order valence-corrected chi connectivity index (χ1v) is 8.09. The summed E-state index contributed by atoms with van der Waals surface area (Å²) in [5, 5.41) is 0. The summed E-state index contributed by atoms with van der Waals surface area (Å²) in [6.07, 6.45) is 19.5. The molecule has 19 heavy (non-hydrogen) atoms. The van der Waals surface area contributed by atoms with E-state index in [1.807, 2.05) is 6.08 Å². The molecular formula is C17H32O2. The monoisotopic (exact) mass is 268 g/mol. The van der Waals surface area contributed by atoms with Crippen LogP contribution >= 0.6 is 0 Å². The Kier molecular flexibility index (Phi) is 14.6. The van der Waals surface area contributed by atoms with E-state index in [2.05, 4.69) is 6.92 Å². The van der Waals surface area contributed by atoms with Gasteiger partial charge in [-0.25, -0.2) is 0 Å². The third-order valence-electron chi connectivity index (χ3n) is 3.30. The Morgan fingerprint density at radius 3 is 1.79 bits per heavy atom. The zero-order chi connectivity index (χ0) is 14.2. The van der Waals surface area contributed by atoms with Gasteiger partial charge < -0.3 is 4.74 Å². The van der Waals surface area contributed by atoms with Crippen molar-refractivity contribution in [1.82, 2.24) is 0 Å². The molecule has 0 N–H and O–H groups in total. The molecule has 0 amide bonds. The molecule has 0 aromatic rings. The molecule has 0 saturated carbocycles. The van der Waals surface area contributed by atoms with Crippen LogP contribution in [0.1, 0.15) is 90.9 Å². The molecule has 0 fully saturated rings. The Hall–Kier alpha value is -0.790. The van der Waals surface area contributed by atoms with E-state index in [4.69, 9.17) is 4.74 Å². The van der Waals surface area contributed by atoms with E-state index in [9.17, 15) is 4.79 Å². The molecule has 0 rings (SSSR count). The van der Waals surface area contributed by atoms with E-state index in [0.717, 1.165) is 6.42 Å². The number of unbranched alkanes of at least 4 members (excludes halogenated alkanes) is 11. The van der Waals surface area contributed by atoms with E-state index in [1.165, 1.54) is 83.8 Å². The number of esters is 1. The number of carbonyl (C=O) groups excluding carboxylic acids is 1. The van der Waals surface area contributed by atoms with E-state index >= 15 is 0 Å². The van der Waals surface area contributed by atoms with E-state index in [-0.39, 0.29) is 5.97 Å². The quantitative estimate of drug-likeness (QED) is 0.241. The molecule has 0 aromatic heterocycles. The van der Waals surface area contributed by atoms with Crippen LogP contribution in [0.5, 0.6) is 0 Å². The summed E-state index contributed by atoms with van der Waals surface area (Å²) in [6, 6.07) is 0. The Labute approximate surface area is 119 Å². The molecule has 0 unspecified atom stereocenters. The lowest BCUT2D eigenvalue weighted by Gasteiger charge is -2.01. The molecule has 2 heteroatoms. The standard InChI is InChI=1S/C17H32O2/c1-3-4-5-6-7-8-9-10-11-12-13-14-15-16-19-17(2)18/h15-16H,3-14H2,1-2H3. The van der Waals surface area contributed by atoms with Gasteiger partial charge in [-0.1, -0.05) is 71.1 Å². The van der Waals surface area contributed by atoms with Gasteiger partial charge in [0.2, 0.25) is 0 Å². The molecule has 2 nitrogen and oxygen atoms in total. The molecule has 0 aliphatic carbocycles. The molecule has 0 spiro atoms.